The van der Waals surface area contributed by atoms with Crippen molar-refractivity contribution >= 4 is 5.69 Å². The normalized spacial score (nSPS) is 19.1. The zero-order valence-corrected chi connectivity index (χ0v) is 12.2. The number of halogens is 2. The SMILES string of the molecule is CN(C)CC1CCCN1c1c(F)cc(CCN)cc1F. The molecule has 1 aromatic carbocycles. The van der Waals surface area contributed by atoms with Crippen molar-refractivity contribution in [1.82, 2.24) is 4.90 Å². The molecule has 1 aliphatic heterocycles. The van der Waals surface area contributed by atoms with Gasteiger partial charge in [-0.25, -0.2) is 8.78 Å². The van der Waals surface area contributed by atoms with Crippen molar-refractivity contribution in [3.8, 4) is 0 Å². The third-order valence-corrected chi connectivity index (χ3v) is 3.75. The van der Waals surface area contributed by atoms with E-state index in [9.17, 15) is 8.78 Å². The molecule has 0 aromatic heterocycles. The summed E-state index contributed by atoms with van der Waals surface area (Å²) in [6, 6.07) is 3.00. The first-order valence-corrected chi connectivity index (χ1v) is 7.12. The molecule has 1 heterocycles. The summed E-state index contributed by atoms with van der Waals surface area (Å²) in [5.74, 6) is -0.946. The fourth-order valence-electron chi connectivity index (χ4n) is 2.94. The lowest BCUT2D eigenvalue weighted by molar-refractivity contribution is 0.370. The Balaban J connectivity index is 2.27. The second kappa shape index (κ2) is 6.50. The molecule has 2 N–H and O–H groups in total. The molecule has 0 saturated carbocycles. The van der Waals surface area contributed by atoms with Crippen molar-refractivity contribution in [3.05, 3.63) is 29.3 Å². The molecule has 1 saturated heterocycles. The van der Waals surface area contributed by atoms with E-state index < -0.39 is 11.6 Å². The standard InChI is InChI=1S/C15H23F2N3/c1-19(2)10-12-4-3-7-20(12)15-13(16)8-11(5-6-18)9-14(15)17/h8-9,12H,3-7,10,18H2,1-2H3. The molecule has 0 aliphatic carbocycles. The largest absolute Gasteiger partial charge is 0.363 e. The number of hydrogen-bond acceptors (Lipinski definition) is 3. The van der Waals surface area contributed by atoms with Gasteiger partial charge in [0.2, 0.25) is 0 Å². The molecule has 1 aliphatic rings. The van der Waals surface area contributed by atoms with E-state index in [0.29, 0.717) is 25.1 Å². The van der Waals surface area contributed by atoms with Crippen LogP contribution in [0.3, 0.4) is 0 Å². The second-order valence-electron chi connectivity index (χ2n) is 5.70. The molecule has 1 aromatic rings. The Labute approximate surface area is 119 Å². The molecular weight excluding hydrogens is 260 g/mol. The van der Waals surface area contributed by atoms with Crippen molar-refractivity contribution in [2.24, 2.45) is 5.73 Å². The molecule has 1 unspecified atom stereocenters. The van der Waals surface area contributed by atoms with Crippen LogP contribution in [0.2, 0.25) is 0 Å². The molecule has 20 heavy (non-hydrogen) atoms. The monoisotopic (exact) mass is 283 g/mol. The van der Waals surface area contributed by atoms with Gasteiger partial charge in [0.05, 0.1) is 0 Å². The molecule has 1 atom stereocenters. The van der Waals surface area contributed by atoms with E-state index in [4.69, 9.17) is 5.73 Å². The number of benzene rings is 1. The summed E-state index contributed by atoms with van der Waals surface area (Å²) < 4.78 is 28.5. The van der Waals surface area contributed by atoms with E-state index >= 15 is 0 Å². The number of anilines is 1. The molecule has 3 nitrogen and oxygen atoms in total. The summed E-state index contributed by atoms with van der Waals surface area (Å²) in [7, 11) is 3.96. The Morgan fingerprint density at radius 1 is 1.30 bits per heavy atom. The molecule has 0 amide bonds. The van der Waals surface area contributed by atoms with Crippen LogP contribution in [-0.4, -0.2) is 44.7 Å². The third-order valence-electron chi connectivity index (χ3n) is 3.75. The van der Waals surface area contributed by atoms with Gasteiger partial charge >= 0.3 is 0 Å². The summed E-state index contributed by atoms with van der Waals surface area (Å²) >= 11 is 0. The van der Waals surface area contributed by atoms with Crippen LogP contribution < -0.4 is 10.6 Å². The van der Waals surface area contributed by atoms with E-state index in [1.54, 1.807) is 0 Å². The fourth-order valence-corrected chi connectivity index (χ4v) is 2.94. The van der Waals surface area contributed by atoms with E-state index in [0.717, 1.165) is 19.4 Å². The molecule has 1 fully saturated rings. The van der Waals surface area contributed by atoms with Gasteiger partial charge in [-0.1, -0.05) is 0 Å². The molecule has 0 spiro atoms. The Kier molecular flexibility index (Phi) is 4.94. The van der Waals surface area contributed by atoms with Crippen LogP contribution in [0.15, 0.2) is 12.1 Å². The maximum Gasteiger partial charge on any atom is 0.149 e. The quantitative estimate of drug-likeness (QED) is 0.897. The molecule has 0 radical (unpaired) electrons. The van der Waals surface area contributed by atoms with Gasteiger partial charge in [0.15, 0.2) is 0 Å². The maximum absolute atomic E-state index is 14.3. The highest BCUT2D eigenvalue weighted by Gasteiger charge is 2.29. The fraction of sp³-hybridized carbons (Fsp3) is 0.600. The van der Waals surface area contributed by atoms with Crippen molar-refractivity contribution in [1.29, 1.82) is 0 Å². The second-order valence-corrected chi connectivity index (χ2v) is 5.70. The first-order chi connectivity index (χ1) is 9.52. The Hall–Kier alpha value is -1.20. The lowest BCUT2D eigenvalue weighted by Gasteiger charge is -2.29. The Bertz CT molecular complexity index is 439. The number of hydrogen-bond donors (Lipinski definition) is 1. The topological polar surface area (TPSA) is 32.5 Å². The van der Waals surface area contributed by atoms with E-state index in [1.165, 1.54) is 12.1 Å². The summed E-state index contributed by atoms with van der Waals surface area (Å²) in [6.45, 7) is 1.91. The molecule has 5 heteroatoms. The average molecular weight is 283 g/mol. The van der Waals surface area contributed by atoms with Crippen molar-refractivity contribution in [3.63, 3.8) is 0 Å². The van der Waals surface area contributed by atoms with Gasteiger partial charge in [-0.3, -0.25) is 0 Å². The molecule has 112 valence electrons. The highest BCUT2D eigenvalue weighted by Crippen LogP contribution is 2.31. The van der Waals surface area contributed by atoms with Crippen molar-refractivity contribution in [2.45, 2.75) is 25.3 Å². The van der Waals surface area contributed by atoms with Gasteiger partial charge in [0.1, 0.15) is 17.3 Å². The predicted molar refractivity (Wildman–Crippen MR) is 78.0 cm³/mol. The highest BCUT2D eigenvalue weighted by atomic mass is 19.1. The van der Waals surface area contributed by atoms with E-state index in [2.05, 4.69) is 4.90 Å². The van der Waals surface area contributed by atoms with Gasteiger partial charge in [-0.05, 0) is 57.6 Å². The van der Waals surface area contributed by atoms with Gasteiger partial charge in [0.25, 0.3) is 0 Å². The van der Waals surface area contributed by atoms with Crippen LogP contribution >= 0.6 is 0 Å². The minimum atomic E-state index is -0.473. The summed E-state index contributed by atoms with van der Waals surface area (Å²) in [6.07, 6.45) is 2.44. The summed E-state index contributed by atoms with van der Waals surface area (Å²) in [5, 5.41) is 0. The van der Waals surface area contributed by atoms with Crippen LogP contribution in [0.5, 0.6) is 0 Å². The van der Waals surface area contributed by atoms with E-state index in [1.807, 2.05) is 19.0 Å². The van der Waals surface area contributed by atoms with Crippen LogP contribution in [0.25, 0.3) is 0 Å². The van der Waals surface area contributed by atoms with Crippen LogP contribution in [-0.2, 0) is 6.42 Å². The lowest BCUT2D eigenvalue weighted by Crippen LogP contribution is -2.38. The van der Waals surface area contributed by atoms with Crippen LogP contribution in [0.4, 0.5) is 14.5 Å². The van der Waals surface area contributed by atoms with Gasteiger partial charge in [-0.2, -0.15) is 0 Å². The van der Waals surface area contributed by atoms with Crippen LogP contribution in [0.1, 0.15) is 18.4 Å². The highest BCUT2D eigenvalue weighted by molar-refractivity contribution is 5.52. The Morgan fingerprint density at radius 2 is 1.95 bits per heavy atom. The first kappa shape index (κ1) is 15.2. The van der Waals surface area contributed by atoms with Gasteiger partial charge < -0.3 is 15.5 Å². The molecule has 0 bridgehead atoms. The van der Waals surface area contributed by atoms with Gasteiger partial charge in [0, 0.05) is 19.1 Å². The first-order valence-electron chi connectivity index (χ1n) is 7.12. The van der Waals surface area contributed by atoms with Gasteiger partial charge in [-0.15, -0.1) is 0 Å². The minimum Gasteiger partial charge on any atom is -0.363 e. The number of rotatable bonds is 5. The van der Waals surface area contributed by atoms with Crippen LogP contribution in [0, 0.1) is 11.6 Å². The molecular formula is C15H23F2N3. The summed E-state index contributed by atoms with van der Waals surface area (Å²) in [5.41, 5.74) is 6.18. The lowest BCUT2D eigenvalue weighted by atomic mass is 10.1. The number of nitrogens with two attached hydrogens (primary N) is 1. The Morgan fingerprint density at radius 3 is 2.50 bits per heavy atom. The zero-order valence-electron chi connectivity index (χ0n) is 12.2. The van der Waals surface area contributed by atoms with E-state index in [-0.39, 0.29) is 11.7 Å². The number of nitrogens with zero attached hydrogens (tertiary/aromatic N) is 2. The summed E-state index contributed by atoms with van der Waals surface area (Å²) in [4.78, 5) is 3.93. The smallest absolute Gasteiger partial charge is 0.149 e. The third kappa shape index (κ3) is 3.27. The number of likely N-dealkylation sites (N-methyl/N-ethyl adjacent to an activating group) is 1. The minimum absolute atomic E-state index is 0.120. The molecule has 2 rings (SSSR count). The van der Waals surface area contributed by atoms with Crippen molar-refractivity contribution < 1.29 is 8.78 Å². The van der Waals surface area contributed by atoms with Crippen molar-refractivity contribution in [2.75, 3.05) is 38.6 Å². The average Bonchev–Trinajstić information content (AvgIpc) is 2.76. The maximum atomic E-state index is 14.3. The zero-order chi connectivity index (χ0) is 14.7. The predicted octanol–water partition coefficient (Wildman–Crippen LogP) is 2.00.